The van der Waals surface area contributed by atoms with Crippen LogP contribution in [0.2, 0.25) is 0 Å². The van der Waals surface area contributed by atoms with Crippen molar-refractivity contribution in [3.63, 3.8) is 0 Å². The molecule has 2 heterocycles. The van der Waals surface area contributed by atoms with Crippen molar-refractivity contribution >= 4 is 17.2 Å². The molecule has 2 fully saturated rings. The summed E-state index contributed by atoms with van der Waals surface area (Å²) in [6.07, 6.45) is 3.56. The van der Waals surface area contributed by atoms with Crippen LogP contribution in [0.1, 0.15) is 30.9 Å². The number of morpholine rings is 1. The summed E-state index contributed by atoms with van der Waals surface area (Å²) in [7, 11) is 0. The Bertz CT molecular complexity index is 858. The molecule has 0 aromatic heterocycles. The molecule has 2 aliphatic rings. The van der Waals surface area contributed by atoms with Gasteiger partial charge in [-0.25, -0.2) is 4.99 Å². The SMILES string of the molecule is O=[N+]([O-])c1ccc(N=C(C(c2ccccc2)N2CCOCC2)N2CCCCC2)cc1. The van der Waals surface area contributed by atoms with E-state index in [-0.39, 0.29) is 16.7 Å². The molecule has 0 spiro atoms. The molecule has 7 heteroatoms. The van der Waals surface area contributed by atoms with E-state index in [0.29, 0.717) is 13.2 Å². The number of likely N-dealkylation sites (tertiary alicyclic amines) is 1. The highest BCUT2D eigenvalue weighted by Gasteiger charge is 2.31. The minimum Gasteiger partial charge on any atom is -0.379 e. The molecule has 1 unspecified atom stereocenters. The van der Waals surface area contributed by atoms with Crippen molar-refractivity contribution in [3.8, 4) is 0 Å². The average molecular weight is 409 g/mol. The van der Waals surface area contributed by atoms with Crippen molar-refractivity contribution < 1.29 is 9.66 Å². The van der Waals surface area contributed by atoms with Crippen molar-refractivity contribution in [1.29, 1.82) is 0 Å². The first-order valence-corrected chi connectivity index (χ1v) is 10.7. The summed E-state index contributed by atoms with van der Waals surface area (Å²) < 4.78 is 5.61. The van der Waals surface area contributed by atoms with Gasteiger partial charge in [0, 0.05) is 38.3 Å². The predicted octanol–water partition coefficient (Wildman–Crippen LogP) is 4.18. The number of benzene rings is 2. The molecule has 0 saturated carbocycles. The number of nitro benzene ring substituents is 1. The fourth-order valence-electron chi connectivity index (χ4n) is 4.20. The second kappa shape index (κ2) is 9.82. The van der Waals surface area contributed by atoms with Crippen molar-refractivity contribution in [1.82, 2.24) is 9.80 Å². The monoisotopic (exact) mass is 408 g/mol. The summed E-state index contributed by atoms with van der Waals surface area (Å²) in [6.45, 7) is 5.11. The van der Waals surface area contributed by atoms with Gasteiger partial charge < -0.3 is 9.64 Å². The molecule has 4 rings (SSSR count). The summed E-state index contributed by atoms with van der Waals surface area (Å²) in [4.78, 5) is 20.6. The van der Waals surface area contributed by atoms with Crippen LogP contribution in [0.25, 0.3) is 0 Å². The minimum atomic E-state index is -0.375. The number of hydrogen-bond acceptors (Lipinski definition) is 5. The highest BCUT2D eigenvalue weighted by Crippen LogP contribution is 2.29. The summed E-state index contributed by atoms with van der Waals surface area (Å²) >= 11 is 0. The van der Waals surface area contributed by atoms with Gasteiger partial charge in [0.05, 0.1) is 29.9 Å². The second-order valence-electron chi connectivity index (χ2n) is 7.75. The molecular formula is C23H28N4O3. The highest BCUT2D eigenvalue weighted by molar-refractivity contribution is 5.91. The third-order valence-electron chi connectivity index (χ3n) is 5.75. The Labute approximate surface area is 177 Å². The van der Waals surface area contributed by atoms with Crippen molar-refractivity contribution in [2.24, 2.45) is 4.99 Å². The van der Waals surface area contributed by atoms with E-state index in [1.54, 1.807) is 12.1 Å². The van der Waals surface area contributed by atoms with Gasteiger partial charge in [-0.3, -0.25) is 15.0 Å². The quantitative estimate of drug-likeness (QED) is 0.321. The van der Waals surface area contributed by atoms with Crippen molar-refractivity contribution in [3.05, 3.63) is 70.3 Å². The van der Waals surface area contributed by atoms with Crippen LogP contribution >= 0.6 is 0 Å². The Kier molecular flexibility index (Phi) is 6.71. The number of amidine groups is 1. The number of hydrogen-bond donors (Lipinski definition) is 0. The van der Waals surface area contributed by atoms with Crippen LogP contribution in [0.3, 0.4) is 0 Å². The molecular weight excluding hydrogens is 380 g/mol. The lowest BCUT2D eigenvalue weighted by atomic mass is 10.0. The number of aliphatic imine (C=N–C) groups is 1. The first-order valence-electron chi connectivity index (χ1n) is 10.7. The molecule has 2 aromatic carbocycles. The van der Waals surface area contributed by atoms with Gasteiger partial charge in [-0.1, -0.05) is 30.3 Å². The van der Waals surface area contributed by atoms with E-state index in [2.05, 4.69) is 34.1 Å². The van der Waals surface area contributed by atoms with E-state index >= 15 is 0 Å². The van der Waals surface area contributed by atoms with Crippen LogP contribution < -0.4 is 0 Å². The average Bonchev–Trinajstić information content (AvgIpc) is 2.81. The number of rotatable bonds is 5. The van der Waals surface area contributed by atoms with E-state index in [1.165, 1.54) is 24.1 Å². The summed E-state index contributed by atoms with van der Waals surface area (Å²) in [5.74, 6) is 1.02. The standard InChI is InChI=1S/C23H28N4O3/c28-27(29)21-11-9-20(10-12-21)24-23(26-13-5-2-6-14-26)22(19-7-3-1-4-8-19)25-15-17-30-18-16-25/h1,3-4,7-12,22H,2,5-6,13-18H2. The van der Waals surface area contributed by atoms with E-state index in [0.717, 1.165) is 50.5 Å². The largest absolute Gasteiger partial charge is 0.379 e. The molecule has 30 heavy (non-hydrogen) atoms. The first kappa shape index (κ1) is 20.5. The lowest BCUT2D eigenvalue weighted by molar-refractivity contribution is -0.384. The molecule has 7 nitrogen and oxygen atoms in total. The van der Waals surface area contributed by atoms with Gasteiger partial charge in [0.1, 0.15) is 5.84 Å². The zero-order valence-corrected chi connectivity index (χ0v) is 17.2. The van der Waals surface area contributed by atoms with Crippen LogP contribution in [0.4, 0.5) is 11.4 Å². The van der Waals surface area contributed by atoms with Gasteiger partial charge >= 0.3 is 0 Å². The van der Waals surface area contributed by atoms with E-state index in [4.69, 9.17) is 9.73 Å². The maximum atomic E-state index is 11.0. The van der Waals surface area contributed by atoms with Gasteiger partial charge in [-0.15, -0.1) is 0 Å². The number of ether oxygens (including phenoxy) is 1. The van der Waals surface area contributed by atoms with E-state index < -0.39 is 0 Å². The van der Waals surface area contributed by atoms with Gasteiger partial charge in [0.15, 0.2) is 0 Å². The maximum absolute atomic E-state index is 11.0. The third-order valence-corrected chi connectivity index (χ3v) is 5.75. The molecule has 1 atom stereocenters. The summed E-state index contributed by atoms with van der Waals surface area (Å²) in [5, 5.41) is 11.0. The lowest BCUT2D eigenvalue weighted by Crippen LogP contribution is -2.48. The topological polar surface area (TPSA) is 71.2 Å². The van der Waals surface area contributed by atoms with Crippen molar-refractivity contribution in [2.45, 2.75) is 25.3 Å². The first-order chi connectivity index (χ1) is 14.7. The second-order valence-corrected chi connectivity index (χ2v) is 7.75. The molecule has 158 valence electrons. The molecule has 2 aromatic rings. The van der Waals surface area contributed by atoms with E-state index in [1.807, 2.05) is 6.07 Å². The Morgan fingerprint density at radius 1 is 0.933 bits per heavy atom. The third kappa shape index (κ3) is 4.86. The molecule has 0 N–H and O–H groups in total. The lowest BCUT2D eigenvalue weighted by Gasteiger charge is -2.40. The van der Waals surface area contributed by atoms with Crippen LogP contribution in [0.15, 0.2) is 59.6 Å². The zero-order chi connectivity index (χ0) is 20.8. The Morgan fingerprint density at radius 2 is 1.60 bits per heavy atom. The molecule has 2 aliphatic heterocycles. The van der Waals surface area contributed by atoms with Crippen LogP contribution in [-0.4, -0.2) is 60.0 Å². The number of piperidine rings is 1. The van der Waals surface area contributed by atoms with Gasteiger partial charge in [-0.2, -0.15) is 0 Å². The Balaban J connectivity index is 1.75. The fraction of sp³-hybridized carbons (Fsp3) is 0.435. The Morgan fingerprint density at radius 3 is 2.23 bits per heavy atom. The summed E-state index contributed by atoms with van der Waals surface area (Å²) in [6, 6.07) is 17.1. The smallest absolute Gasteiger partial charge is 0.269 e. The molecule has 2 saturated heterocycles. The van der Waals surface area contributed by atoms with Gasteiger partial charge in [-0.05, 0) is 37.0 Å². The van der Waals surface area contributed by atoms with Gasteiger partial charge in [0.25, 0.3) is 5.69 Å². The van der Waals surface area contributed by atoms with Crippen molar-refractivity contribution in [2.75, 3.05) is 39.4 Å². The number of nitrogens with zero attached hydrogens (tertiary/aromatic N) is 4. The number of nitro groups is 1. The normalized spacial score (nSPS) is 19.5. The molecule has 0 amide bonds. The minimum absolute atomic E-state index is 0.0309. The summed E-state index contributed by atoms with van der Waals surface area (Å²) in [5.41, 5.74) is 2.04. The highest BCUT2D eigenvalue weighted by atomic mass is 16.6. The molecule has 0 radical (unpaired) electrons. The van der Waals surface area contributed by atoms with Crippen LogP contribution in [0.5, 0.6) is 0 Å². The Hall–Kier alpha value is -2.77. The fourth-order valence-corrected chi connectivity index (χ4v) is 4.20. The van der Waals surface area contributed by atoms with E-state index in [9.17, 15) is 10.1 Å². The van der Waals surface area contributed by atoms with Crippen LogP contribution in [0, 0.1) is 10.1 Å². The van der Waals surface area contributed by atoms with Crippen LogP contribution in [-0.2, 0) is 4.74 Å². The maximum Gasteiger partial charge on any atom is 0.269 e. The van der Waals surface area contributed by atoms with Gasteiger partial charge in [0.2, 0.25) is 0 Å². The molecule has 0 aliphatic carbocycles. The number of non-ortho nitro benzene ring substituents is 1. The zero-order valence-electron chi connectivity index (χ0n) is 17.2. The molecule has 0 bridgehead atoms. The predicted molar refractivity (Wildman–Crippen MR) is 117 cm³/mol.